The summed E-state index contributed by atoms with van der Waals surface area (Å²) in [7, 11) is 0. The van der Waals surface area contributed by atoms with Crippen molar-refractivity contribution in [2.75, 3.05) is 12.3 Å². The number of nitrogens with zero attached hydrogens (tertiary/aromatic N) is 2. The smallest absolute Gasteiger partial charge is 0.321 e. The van der Waals surface area contributed by atoms with E-state index >= 15 is 0 Å². The molecule has 2 heterocycles. The Bertz CT molecular complexity index is 790. The third kappa shape index (κ3) is 4.30. The molecule has 0 radical (unpaired) electrons. The van der Waals surface area contributed by atoms with E-state index < -0.39 is 6.03 Å². The van der Waals surface area contributed by atoms with E-state index in [0.717, 1.165) is 34.5 Å². The molecule has 0 saturated heterocycles. The lowest BCUT2D eigenvalue weighted by Crippen LogP contribution is -2.40. The minimum absolute atomic E-state index is 0.159. The van der Waals surface area contributed by atoms with E-state index in [4.69, 9.17) is 0 Å². The monoisotopic (exact) mass is 378 g/mol. The van der Waals surface area contributed by atoms with Gasteiger partial charge in [-0.3, -0.25) is 10.1 Å². The lowest BCUT2D eigenvalue weighted by molar-refractivity contribution is -0.117. The number of urea groups is 1. The molecule has 25 heavy (non-hydrogen) atoms. The molecule has 0 aliphatic heterocycles. The van der Waals surface area contributed by atoms with Gasteiger partial charge in [-0.2, -0.15) is 0 Å². The van der Waals surface area contributed by atoms with Crippen LogP contribution in [0.1, 0.15) is 37.1 Å². The van der Waals surface area contributed by atoms with Gasteiger partial charge in [0.15, 0.2) is 0 Å². The maximum atomic E-state index is 12.0. The van der Waals surface area contributed by atoms with Crippen molar-refractivity contribution in [3.05, 3.63) is 16.8 Å². The molecule has 2 aromatic rings. The fourth-order valence-corrected chi connectivity index (χ4v) is 5.18. The van der Waals surface area contributed by atoms with Crippen molar-refractivity contribution in [1.82, 2.24) is 20.6 Å². The lowest BCUT2D eigenvalue weighted by Gasteiger charge is -2.18. The van der Waals surface area contributed by atoms with Gasteiger partial charge in [-0.25, -0.2) is 14.8 Å². The van der Waals surface area contributed by atoms with Gasteiger partial charge < -0.3 is 5.32 Å². The van der Waals surface area contributed by atoms with Gasteiger partial charge in [0.25, 0.3) is 0 Å². The molecule has 6 nitrogen and oxygen atoms in total. The van der Waals surface area contributed by atoms with Crippen molar-refractivity contribution in [1.29, 1.82) is 0 Å². The molecule has 1 aliphatic carbocycles. The van der Waals surface area contributed by atoms with Crippen LogP contribution < -0.4 is 10.6 Å². The fraction of sp³-hybridized carbons (Fsp3) is 0.529. The van der Waals surface area contributed by atoms with E-state index in [-0.39, 0.29) is 11.7 Å². The highest BCUT2D eigenvalue weighted by molar-refractivity contribution is 8.00. The van der Waals surface area contributed by atoms with Crippen molar-refractivity contribution in [2.24, 2.45) is 5.92 Å². The fourth-order valence-electron chi connectivity index (χ4n) is 2.93. The van der Waals surface area contributed by atoms with E-state index in [2.05, 4.69) is 27.5 Å². The van der Waals surface area contributed by atoms with Crippen LogP contribution in [0.3, 0.4) is 0 Å². The van der Waals surface area contributed by atoms with Gasteiger partial charge >= 0.3 is 6.03 Å². The van der Waals surface area contributed by atoms with Crippen LogP contribution in [0.25, 0.3) is 10.2 Å². The van der Waals surface area contributed by atoms with Crippen molar-refractivity contribution in [2.45, 2.75) is 44.6 Å². The molecule has 3 rings (SSSR count). The van der Waals surface area contributed by atoms with E-state index in [1.165, 1.54) is 28.6 Å². The zero-order valence-electron chi connectivity index (χ0n) is 14.4. The molecular formula is C17H22N4O2S2. The molecule has 0 bridgehead atoms. The predicted octanol–water partition coefficient (Wildman–Crippen LogP) is 3.14. The summed E-state index contributed by atoms with van der Waals surface area (Å²) in [4.78, 5) is 34.7. The molecule has 2 aromatic heterocycles. The number of thiophene rings is 1. The highest BCUT2D eigenvalue weighted by Crippen LogP contribution is 2.40. The van der Waals surface area contributed by atoms with Crippen LogP contribution in [-0.4, -0.2) is 34.2 Å². The van der Waals surface area contributed by atoms with Gasteiger partial charge in [-0.15, -0.1) is 11.3 Å². The number of aryl methyl sites for hydroxylation is 1. The number of amides is 3. The molecule has 0 unspecified atom stereocenters. The Kier molecular flexibility index (Phi) is 5.90. The minimum Gasteiger partial charge on any atom is -0.338 e. The number of hydrogen-bond donors (Lipinski definition) is 2. The van der Waals surface area contributed by atoms with E-state index in [1.54, 1.807) is 17.7 Å². The maximum Gasteiger partial charge on any atom is 0.321 e. The largest absolute Gasteiger partial charge is 0.338 e. The summed E-state index contributed by atoms with van der Waals surface area (Å²) < 4.78 is 0. The molecule has 1 atom stereocenters. The lowest BCUT2D eigenvalue weighted by atomic mass is 9.89. The van der Waals surface area contributed by atoms with E-state index in [9.17, 15) is 9.59 Å². The highest BCUT2D eigenvalue weighted by atomic mass is 32.2. The Morgan fingerprint density at radius 1 is 1.40 bits per heavy atom. The van der Waals surface area contributed by atoms with Gasteiger partial charge in [0.1, 0.15) is 16.2 Å². The molecule has 8 heteroatoms. The van der Waals surface area contributed by atoms with E-state index in [0.29, 0.717) is 12.5 Å². The number of carbonyl (C=O) groups excluding carboxylic acids is 2. The first-order valence-corrected chi connectivity index (χ1v) is 10.3. The molecule has 0 fully saturated rings. The van der Waals surface area contributed by atoms with Crippen molar-refractivity contribution < 1.29 is 9.59 Å². The summed E-state index contributed by atoms with van der Waals surface area (Å²) in [6.45, 7) is 4.79. The second-order valence-electron chi connectivity index (χ2n) is 6.30. The number of imide groups is 1. The Morgan fingerprint density at radius 2 is 2.24 bits per heavy atom. The Balaban J connectivity index is 1.70. The third-order valence-electron chi connectivity index (χ3n) is 4.19. The molecular weight excluding hydrogens is 356 g/mol. The SMILES string of the molecule is CCCNC(=O)NC(=O)CSc1ncnc2sc3c(c12)CC[C@@H](C)C3. The van der Waals surface area contributed by atoms with Crippen LogP contribution >= 0.6 is 23.1 Å². The second kappa shape index (κ2) is 8.14. The third-order valence-corrected chi connectivity index (χ3v) is 6.34. The zero-order chi connectivity index (χ0) is 17.8. The maximum absolute atomic E-state index is 12.0. The minimum atomic E-state index is -0.442. The number of fused-ring (bicyclic) bond motifs is 3. The van der Waals surface area contributed by atoms with Crippen LogP contribution in [0.4, 0.5) is 4.79 Å². The number of rotatable bonds is 5. The second-order valence-corrected chi connectivity index (χ2v) is 8.35. The van der Waals surface area contributed by atoms with Crippen molar-refractivity contribution in [3.8, 4) is 0 Å². The summed E-state index contributed by atoms with van der Waals surface area (Å²) in [6.07, 6.45) is 5.70. The summed E-state index contributed by atoms with van der Waals surface area (Å²) in [6, 6.07) is -0.442. The van der Waals surface area contributed by atoms with Gasteiger partial charge in [0.2, 0.25) is 5.91 Å². The van der Waals surface area contributed by atoms with Gasteiger partial charge in [-0.1, -0.05) is 25.6 Å². The average molecular weight is 379 g/mol. The predicted molar refractivity (Wildman–Crippen MR) is 101 cm³/mol. The van der Waals surface area contributed by atoms with E-state index in [1.807, 2.05) is 6.92 Å². The number of carbonyl (C=O) groups is 2. The Labute approximate surface area is 155 Å². The molecule has 2 N–H and O–H groups in total. The molecule has 0 saturated carbocycles. The van der Waals surface area contributed by atoms with Gasteiger partial charge in [0.05, 0.1) is 5.75 Å². The summed E-state index contributed by atoms with van der Waals surface area (Å²) in [5.41, 5.74) is 1.35. The summed E-state index contributed by atoms with van der Waals surface area (Å²) in [5.74, 6) is 0.548. The number of aromatic nitrogens is 2. The van der Waals surface area contributed by atoms with Crippen LogP contribution in [0.15, 0.2) is 11.4 Å². The normalized spacial score (nSPS) is 16.5. The highest BCUT2D eigenvalue weighted by Gasteiger charge is 2.23. The van der Waals surface area contributed by atoms with Crippen molar-refractivity contribution in [3.63, 3.8) is 0 Å². The van der Waals surface area contributed by atoms with Crippen LogP contribution in [0.5, 0.6) is 0 Å². The number of thioether (sulfide) groups is 1. The Hall–Kier alpha value is -1.67. The molecule has 3 amide bonds. The van der Waals surface area contributed by atoms with Gasteiger partial charge in [0, 0.05) is 16.8 Å². The first-order valence-electron chi connectivity index (χ1n) is 8.54. The zero-order valence-corrected chi connectivity index (χ0v) is 16.1. The first kappa shape index (κ1) is 18.1. The molecule has 1 aliphatic rings. The van der Waals surface area contributed by atoms with Crippen molar-refractivity contribution >= 4 is 45.3 Å². The average Bonchev–Trinajstić information content (AvgIpc) is 2.96. The standard InChI is InChI=1S/C17H22N4O2S2/c1-3-6-18-17(23)21-13(22)8-24-15-14-11-5-4-10(2)7-12(11)25-16(14)20-9-19-15/h9-10H,3-8H2,1-2H3,(H2,18,21,22,23)/t10-/m1/s1. The van der Waals surface area contributed by atoms with Crippen LogP contribution in [-0.2, 0) is 17.6 Å². The number of hydrogen-bond acceptors (Lipinski definition) is 6. The molecule has 0 spiro atoms. The first-order chi connectivity index (χ1) is 12.1. The van der Waals surface area contributed by atoms with Crippen LogP contribution in [0, 0.1) is 5.92 Å². The quantitative estimate of drug-likeness (QED) is 0.617. The Morgan fingerprint density at radius 3 is 3.04 bits per heavy atom. The number of nitrogens with one attached hydrogen (secondary N) is 2. The van der Waals surface area contributed by atoms with Crippen LogP contribution in [0.2, 0.25) is 0 Å². The molecule has 134 valence electrons. The summed E-state index contributed by atoms with van der Waals surface area (Å²) in [5, 5.41) is 6.91. The summed E-state index contributed by atoms with van der Waals surface area (Å²) >= 11 is 3.11. The topological polar surface area (TPSA) is 84.0 Å². The van der Waals surface area contributed by atoms with Gasteiger partial charge in [-0.05, 0) is 37.2 Å². The molecule has 0 aromatic carbocycles.